The van der Waals surface area contributed by atoms with Crippen molar-refractivity contribution in [1.82, 2.24) is 28.3 Å². The molecule has 432 valence electrons. The number of hydrogen-bond donors (Lipinski definition) is 0. The summed E-state index contributed by atoms with van der Waals surface area (Å²) in [5.74, 6) is -3.89. The lowest BCUT2D eigenvalue weighted by Crippen LogP contribution is -2.45. The van der Waals surface area contributed by atoms with Gasteiger partial charge in [-0.05, 0) is 156 Å². The minimum atomic E-state index is -0.517. The highest BCUT2D eigenvalue weighted by molar-refractivity contribution is 7.00. The van der Waals surface area contributed by atoms with Crippen LogP contribution in [0.3, 0.4) is 0 Å². The smallest absolute Gasteiger partial charge is 0.261 e. The van der Waals surface area contributed by atoms with Crippen LogP contribution in [0.25, 0.3) is 119 Å². The van der Waals surface area contributed by atoms with E-state index in [0.29, 0.717) is 167 Å². The van der Waals surface area contributed by atoms with Crippen molar-refractivity contribution in [2.24, 2.45) is 0 Å². The van der Waals surface area contributed by atoms with Gasteiger partial charge in [0.05, 0.1) is 46.1 Å². The van der Waals surface area contributed by atoms with Gasteiger partial charge in [-0.25, -0.2) is 0 Å². The summed E-state index contributed by atoms with van der Waals surface area (Å²) in [6, 6.07) is 27.4. The van der Waals surface area contributed by atoms with Crippen LogP contribution in [-0.4, -0.2) is 99.8 Å². The standard InChI is InChI=1S/C72H50N8O8S/c1-9-29(5)77-65(81)41-21-17-39-53-45(25-49-57-43(67(83)79(71(49)87)31(7)11-3)19-15-37(61(53)57)51-33(27-73)23-47(69(77)85)55(41)59(39)51)35-13-14-36(64-63(35)75-89-76-64)46-26-50-58-44(68(84)80(72(50)88)32(8)12-4)20-16-38-52-34(28-74)24-48-56-42(66(82)78(70(48)86)30(6)10-2)22-18-40(60(52)56)54(46)62(38)58/h13-26,29-32H,9-12H2,1-8H3. The Bertz CT molecular complexity index is 5250. The molecule has 16 nitrogen and oxygen atoms in total. The van der Waals surface area contributed by atoms with Gasteiger partial charge in [0.1, 0.15) is 11.0 Å². The fourth-order valence-corrected chi connectivity index (χ4v) is 15.8. The quantitative estimate of drug-likeness (QED) is 0.0708. The molecular weight excluding hydrogens is 1140 g/mol. The summed E-state index contributed by atoms with van der Waals surface area (Å²) in [7, 11) is 0. The van der Waals surface area contributed by atoms with E-state index in [-0.39, 0.29) is 33.4 Å². The Morgan fingerprint density at radius 1 is 0.326 bits per heavy atom. The Hall–Kier alpha value is -10.6. The van der Waals surface area contributed by atoms with Gasteiger partial charge < -0.3 is 0 Å². The maximum absolute atomic E-state index is 15.3. The molecule has 0 bridgehead atoms. The Balaban J connectivity index is 1.04. The highest BCUT2D eigenvalue weighted by atomic mass is 32.1. The predicted octanol–water partition coefficient (Wildman–Crippen LogP) is 14.4. The van der Waals surface area contributed by atoms with Gasteiger partial charge in [-0.2, -0.15) is 19.3 Å². The van der Waals surface area contributed by atoms with E-state index in [1.807, 2.05) is 79.7 Å². The first-order valence-corrected chi connectivity index (χ1v) is 30.8. The van der Waals surface area contributed by atoms with Crippen molar-refractivity contribution < 1.29 is 38.4 Å². The zero-order valence-electron chi connectivity index (χ0n) is 49.5. The molecule has 17 heteroatoms. The van der Waals surface area contributed by atoms with Crippen molar-refractivity contribution in [3.05, 3.63) is 141 Å². The maximum Gasteiger partial charge on any atom is 0.261 e. The summed E-state index contributed by atoms with van der Waals surface area (Å²) < 4.78 is 10.1. The van der Waals surface area contributed by atoms with Gasteiger partial charge in [0.25, 0.3) is 47.3 Å². The molecule has 0 aliphatic carbocycles. The normalized spacial score (nSPS) is 16.4. The average molecular weight is 1190 g/mol. The molecule has 0 saturated heterocycles. The van der Waals surface area contributed by atoms with Crippen LogP contribution in [0.2, 0.25) is 0 Å². The lowest BCUT2D eigenvalue weighted by atomic mass is 9.77. The van der Waals surface area contributed by atoms with Gasteiger partial charge in [-0.1, -0.05) is 64.1 Å². The number of nitriles is 2. The van der Waals surface area contributed by atoms with E-state index in [9.17, 15) is 39.3 Å². The van der Waals surface area contributed by atoms with E-state index in [1.165, 1.54) is 19.6 Å². The van der Waals surface area contributed by atoms with Gasteiger partial charge >= 0.3 is 0 Å². The van der Waals surface area contributed by atoms with E-state index in [0.717, 1.165) is 11.7 Å². The maximum atomic E-state index is 15.3. The van der Waals surface area contributed by atoms with Gasteiger partial charge in [-0.3, -0.25) is 58.0 Å². The zero-order valence-corrected chi connectivity index (χ0v) is 50.3. The number of carbonyl (C=O) groups excluding carboxylic acids is 8. The number of imide groups is 4. The SMILES string of the molecule is CCC(C)N1C(=O)c2ccc3c4c(-c5ccc(-c6cc7c8c(ccc9c%10c(C#N)cc%11c%12c(ccc(c6c89)c%12%10)C(=O)N(C(C)CC)C%11=O)C(=O)N(C(C)CC)C7=O)c6nsnc56)cc5c6c(ccc(c7c(C#N)cc(c2c37)C1=O)c64)C(=O)N(C(C)CC)C5=O. The van der Waals surface area contributed by atoms with Gasteiger partial charge in [0.15, 0.2) is 0 Å². The molecule has 11 aromatic carbocycles. The molecule has 4 unspecified atom stereocenters. The van der Waals surface area contributed by atoms with Gasteiger partial charge in [0.2, 0.25) is 0 Å². The third-order valence-electron chi connectivity index (χ3n) is 20.2. The molecule has 0 spiro atoms. The molecule has 8 amide bonds. The first kappa shape index (κ1) is 53.8. The molecular formula is C72H50N8O8S. The second kappa shape index (κ2) is 18.5. The Kier molecular flexibility index (Phi) is 11.2. The summed E-state index contributed by atoms with van der Waals surface area (Å²) in [5.41, 5.74) is 5.33. The Morgan fingerprint density at radius 3 is 0.854 bits per heavy atom. The number of amides is 8. The van der Waals surface area contributed by atoms with Crippen molar-refractivity contribution in [3.8, 4) is 34.4 Å². The van der Waals surface area contributed by atoms with Crippen LogP contribution in [0, 0.1) is 22.7 Å². The number of aromatic nitrogens is 2. The minimum absolute atomic E-state index is 0.178. The average Bonchev–Trinajstić information content (AvgIpc) is 0.735. The van der Waals surface area contributed by atoms with E-state index >= 15 is 9.59 Å². The topological polar surface area (TPSA) is 223 Å². The van der Waals surface area contributed by atoms with Crippen molar-refractivity contribution in [3.63, 3.8) is 0 Å². The molecule has 4 aliphatic rings. The highest BCUT2D eigenvalue weighted by Gasteiger charge is 2.44. The number of hydrogen-bond acceptors (Lipinski definition) is 13. The van der Waals surface area contributed by atoms with E-state index in [4.69, 9.17) is 8.75 Å². The summed E-state index contributed by atoms with van der Waals surface area (Å²) in [6.45, 7) is 14.9. The van der Waals surface area contributed by atoms with Crippen LogP contribution in [0.1, 0.15) is 175 Å². The molecule has 1 aromatic heterocycles. The number of benzene rings is 11. The molecule has 0 radical (unpaired) electrons. The van der Waals surface area contributed by atoms with Crippen LogP contribution < -0.4 is 0 Å². The Labute approximate surface area is 511 Å². The Morgan fingerprint density at radius 2 is 0.573 bits per heavy atom. The van der Waals surface area contributed by atoms with Crippen molar-refractivity contribution in [2.45, 2.75) is 105 Å². The molecule has 5 heterocycles. The monoisotopic (exact) mass is 1190 g/mol. The fourth-order valence-electron chi connectivity index (χ4n) is 15.2. The number of carbonyl (C=O) groups is 8. The number of nitrogens with zero attached hydrogens (tertiary/aromatic N) is 8. The van der Waals surface area contributed by atoms with Crippen molar-refractivity contribution in [2.75, 3.05) is 0 Å². The molecule has 0 saturated carbocycles. The molecule has 0 N–H and O–H groups in total. The van der Waals surface area contributed by atoms with Crippen molar-refractivity contribution >= 4 is 156 Å². The summed E-state index contributed by atoms with van der Waals surface area (Å²) in [5, 5.41) is 30.2. The second-order valence-electron chi connectivity index (χ2n) is 24.3. The number of fused-ring (bicyclic) bond motifs is 5. The van der Waals surface area contributed by atoms with E-state index in [2.05, 4.69) is 12.1 Å². The number of rotatable bonds is 10. The molecule has 4 aliphatic heterocycles. The minimum Gasteiger partial charge on any atom is -0.272 e. The van der Waals surface area contributed by atoms with E-state index < -0.39 is 71.4 Å². The van der Waals surface area contributed by atoms with Crippen LogP contribution in [0.4, 0.5) is 0 Å². The van der Waals surface area contributed by atoms with Crippen LogP contribution >= 0.6 is 11.7 Å². The summed E-state index contributed by atoms with van der Waals surface area (Å²) >= 11 is 0.946. The van der Waals surface area contributed by atoms with E-state index in [1.54, 1.807) is 60.7 Å². The van der Waals surface area contributed by atoms with Gasteiger partial charge in [-0.15, -0.1) is 0 Å². The molecule has 16 rings (SSSR count). The third-order valence-corrected chi connectivity index (χ3v) is 20.7. The molecule has 4 atom stereocenters. The molecule has 0 fully saturated rings. The molecule has 89 heavy (non-hydrogen) atoms. The first-order valence-electron chi connectivity index (χ1n) is 30.1. The van der Waals surface area contributed by atoms with Gasteiger partial charge in [0, 0.05) is 112 Å². The fraction of sp³-hybridized carbons (Fsp3) is 0.222. The van der Waals surface area contributed by atoms with Crippen LogP contribution in [0.15, 0.2) is 84.9 Å². The summed E-state index contributed by atoms with van der Waals surface area (Å²) in [4.78, 5) is 124. The lowest BCUT2D eigenvalue weighted by Gasteiger charge is -2.34. The third kappa shape index (κ3) is 6.49. The first-order chi connectivity index (χ1) is 43.0. The molecule has 12 aromatic rings. The highest BCUT2D eigenvalue weighted by Crippen LogP contribution is 2.55. The van der Waals surface area contributed by atoms with Crippen molar-refractivity contribution in [1.29, 1.82) is 10.5 Å². The second-order valence-corrected chi connectivity index (χ2v) is 24.9. The zero-order chi connectivity index (χ0) is 62.0. The largest absolute Gasteiger partial charge is 0.272 e. The lowest BCUT2D eigenvalue weighted by molar-refractivity contribution is 0.0532. The van der Waals surface area contributed by atoms with Crippen LogP contribution in [0.5, 0.6) is 0 Å². The van der Waals surface area contributed by atoms with Crippen LogP contribution in [-0.2, 0) is 0 Å². The summed E-state index contributed by atoms with van der Waals surface area (Å²) in [6.07, 6.45) is 1.97. The predicted molar refractivity (Wildman–Crippen MR) is 341 cm³/mol.